The van der Waals surface area contributed by atoms with Crippen LogP contribution in [0.3, 0.4) is 0 Å². The second-order valence-electron chi connectivity index (χ2n) is 9.11. The number of rotatable bonds is 10. The number of aliphatic carboxylic acids is 2. The molecule has 0 saturated heterocycles. The average Bonchev–Trinajstić information content (AvgIpc) is 2.91. The molecule has 6 N–H and O–H groups in total. The predicted octanol–water partition coefficient (Wildman–Crippen LogP) is 3.74. The largest absolute Gasteiger partial charge is 0.481 e. The van der Waals surface area contributed by atoms with Gasteiger partial charge >= 0.3 is 17.9 Å². The number of hydrogen-bond acceptors (Lipinski definition) is 6. The van der Waals surface area contributed by atoms with E-state index in [1.165, 1.54) is 17.0 Å². The van der Waals surface area contributed by atoms with Crippen molar-refractivity contribution in [2.75, 3.05) is 6.54 Å². The third-order valence-corrected chi connectivity index (χ3v) is 5.99. The zero-order chi connectivity index (χ0) is 29.5. The maximum absolute atomic E-state index is 13.6. The van der Waals surface area contributed by atoms with E-state index in [-0.39, 0.29) is 48.2 Å². The van der Waals surface area contributed by atoms with Gasteiger partial charge in [-0.2, -0.15) is 0 Å². The summed E-state index contributed by atoms with van der Waals surface area (Å²) in [5.41, 5.74) is 12.9. The fraction of sp³-hybridized carbons (Fsp3) is 0.100. The van der Waals surface area contributed by atoms with Gasteiger partial charge in [0, 0.05) is 12.1 Å². The number of amides is 1. The van der Waals surface area contributed by atoms with Crippen LogP contribution in [-0.2, 0) is 22.6 Å². The molecule has 0 bridgehead atoms. The van der Waals surface area contributed by atoms with Crippen LogP contribution in [0.4, 0.5) is 5.69 Å². The zero-order valence-electron chi connectivity index (χ0n) is 22.1. The van der Waals surface area contributed by atoms with Crippen molar-refractivity contribution in [2.45, 2.75) is 13.0 Å². The third kappa shape index (κ3) is 8.05. The SMILES string of the molecule is Cl.NC(N)=Nc1ccc(C(=O)Oc2ccc3c(C(=O)N(CC(=O)O)Cc4cccc(CC(=O)O)c4)cccc3c2)cc1. The molecule has 216 valence electrons. The van der Waals surface area contributed by atoms with E-state index < -0.39 is 30.4 Å². The van der Waals surface area contributed by atoms with Crippen LogP contribution in [-0.4, -0.2) is 51.4 Å². The van der Waals surface area contributed by atoms with Crippen LogP contribution in [0.5, 0.6) is 5.75 Å². The maximum Gasteiger partial charge on any atom is 0.343 e. The van der Waals surface area contributed by atoms with Crippen molar-refractivity contribution in [3.63, 3.8) is 0 Å². The van der Waals surface area contributed by atoms with E-state index in [2.05, 4.69) is 4.99 Å². The summed E-state index contributed by atoms with van der Waals surface area (Å²) in [6.07, 6.45) is -0.194. The Morgan fingerprint density at radius 3 is 2.17 bits per heavy atom. The molecule has 0 aromatic heterocycles. The van der Waals surface area contributed by atoms with E-state index in [0.717, 1.165) is 0 Å². The number of halogens is 1. The van der Waals surface area contributed by atoms with Gasteiger partial charge in [-0.25, -0.2) is 9.79 Å². The highest BCUT2D eigenvalue weighted by Crippen LogP contribution is 2.26. The summed E-state index contributed by atoms with van der Waals surface area (Å²) in [5, 5.41) is 19.7. The minimum Gasteiger partial charge on any atom is -0.481 e. The van der Waals surface area contributed by atoms with Crippen LogP contribution in [0.25, 0.3) is 10.8 Å². The highest BCUT2D eigenvalue weighted by Gasteiger charge is 2.21. The number of guanidine groups is 1. The predicted molar refractivity (Wildman–Crippen MR) is 158 cm³/mol. The van der Waals surface area contributed by atoms with Gasteiger partial charge in [-0.1, -0.05) is 36.4 Å². The standard InChI is InChI=1S/C30H26N4O7.ClH/c31-30(32)33-22-9-7-20(8-10-22)29(40)41-23-11-12-24-21(15-23)5-2-6-25(24)28(39)34(17-27(37)38)16-19-4-1-3-18(13-19)14-26(35)36;/h1-13,15H,14,16-17H2,(H,35,36)(H,37,38)(H4,31,32,33);1H. The number of ether oxygens (including phenoxy) is 1. The average molecular weight is 591 g/mol. The molecule has 4 rings (SSSR count). The highest BCUT2D eigenvalue weighted by molar-refractivity contribution is 6.08. The van der Waals surface area contributed by atoms with E-state index in [1.54, 1.807) is 72.8 Å². The van der Waals surface area contributed by atoms with Crippen LogP contribution in [0.15, 0.2) is 89.9 Å². The Morgan fingerprint density at radius 1 is 0.810 bits per heavy atom. The summed E-state index contributed by atoms with van der Waals surface area (Å²) in [6.45, 7) is -0.595. The number of hydrogen-bond donors (Lipinski definition) is 4. The fourth-order valence-electron chi connectivity index (χ4n) is 4.26. The van der Waals surface area contributed by atoms with Crippen molar-refractivity contribution in [1.82, 2.24) is 4.90 Å². The van der Waals surface area contributed by atoms with Crippen LogP contribution >= 0.6 is 12.4 Å². The van der Waals surface area contributed by atoms with Gasteiger partial charge < -0.3 is 31.3 Å². The Balaban J connectivity index is 0.00000484. The molecule has 0 aliphatic carbocycles. The minimum atomic E-state index is -1.19. The number of carbonyl (C=O) groups excluding carboxylic acids is 2. The number of benzene rings is 4. The number of nitrogens with two attached hydrogens (primary N) is 2. The van der Waals surface area contributed by atoms with Crippen LogP contribution in [0.1, 0.15) is 31.8 Å². The molecular formula is C30H27ClN4O7. The third-order valence-electron chi connectivity index (χ3n) is 5.99. The number of carboxylic acids is 2. The quantitative estimate of drug-likeness (QED) is 0.0923. The summed E-state index contributed by atoms with van der Waals surface area (Å²) < 4.78 is 5.51. The van der Waals surface area contributed by atoms with Gasteiger partial charge in [0.05, 0.1) is 17.7 Å². The van der Waals surface area contributed by atoms with Crippen molar-refractivity contribution in [3.05, 3.63) is 107 Å². The van der Waals surface area contributed by atoms with Crippen molar-refractivity contribution in [1.29, 1.82) is 0 Å². The molecule has 42 heavy (non-hydrogen) atoms. The summed E-state index contributed by atoms with van der Waals surface area (Å²) in [6, 6.07) is 22.6. The Hall–Kier alpha value is -5.42. The lowest BCUT2D eigenvalue weighted by Crippen LogP contribution is -2.35. The zero-order valence-corrected chi connectivity index (χ0v) is 22.9. The van der Waals surface area contributed by atoms with Crippen molar-refractivity contribution in [3.8, 4) is 5.75 Å². The fourth-order valence-corrected chi connectivity index (χ4v) is 4.26. The topological polar surface area (TPSA) is 186 Å². The molecular weight excluding hydrogens is 564 g/mol. The Morgan fingerprint density at radius 2 is 1.50 bits per heavy atom. The smallest absolute Gasteiger partial charge is 0.343 e. The molecule has 0 radical (unpaired) electrons. The van der Waals surface area contributed by atoms with Crippen molar-refractivity contribution < 1.29 is 34.1 Å². The summed E-state index contributed by atoms with van der Waals surface area (Å²) >= 11 is 0. The molecule has 0 spiro atoms. The lowest BCUT2D eigenvalue weighted by atomic mass is 10.0. The van der Waals surface area contributed by atoms with E-state index in [0.29, 0.717) is 27.6 Å². The molecule has 0 aliphatic heterocycles. The second-order valence-corrected chi connectivity index (χ2v) is 9.11. The van der Waals surface area contributed by atoms with Gasteiger partial charge in [0.15, 0.2) is 5.96 Å². The van der Waals surface area contributed by atoms with Gasteiger partial charge in [-0.3, -0.25) is 14.4 Å². The molecule has 0 saturated carbocycles. The normalized spacial score (nSPS) is 10.3. The van der Waals surface area contributed by atoms with E-state index in [9.17, 15) is 24.3 Å². The lowest BCUT2D eigenvalue weighted by molar-refractivity contribution is -0.138. The summed E-state index contributed by atoms with van der Waals surface area (Å²) in [4.78, 5) is 54.0. The molecule has 0 aliphatic rings. The van der Waals surface area contributed by atoms with Gasteiger partial charge in [-0.15, -0.1) is 12.4 Å². The van der Waals surface area contributed by atoms with Gasteiger partial charge in [0.25, 0.3) is 5.91 Å². The molecule has 0 unspecified atom stereocenters. The first-order valence-corrected chi connectivity index (χ1v) is 12.3. The number of carboxylic acid groups (broad SMARTS) is 2. The number of fused-ring (bicyclic) bond motifs is 1. The molecule has 12 heteroatoms. The van der Waals surface area contributed by atoms with Crippen LogP contribution < -0.4 is 16.2 Å². The number of esters is 1. The molecule has 1 amide bonds. The maximum atomic E-state index is 13.6. The molecule has 0 heterocycles. The van der Waals surface area contributed by atoms with Crippen molar-refractivity contribution in [2.24, 2.45) is 16.5 Å². The number of nitrogens with zero attached hydrogens (tertiary/aromatic N) is 2. The number of aliphatic imine (C=N–C) groups is 1. The minimum absolute atomic E-state index is 0. The second kappa shape index (κ2) is 13.8. The van der Waals surface area contributed by atoms with E-state index in [4.69, 9.17) is 21.3 Å². The molecule has 0 fully saturated rings. The summed E-state index contributed by atoms with van der Waals surface area (Å²) in [5.74, 6) is -3.18. The Bertz CT molecular complexity index is 1670. The molecule has 0 atom stereocenters. The van der Waals surface area contributed by atoms with Crippen molar-refractivity contribution >= 4 is 58.6 Å². The monoisotopic (exact) mass is 590 g/mol. The molecule has 4 aromatic rings. The lowest BCUT2D eigenvalue weighted by Gasteiger charge is -2.22. The van der Waals surface area contributed by atoms with E-state index >= 15 is 0 Å². The Kier molecular flexibility index (Phi) is 10.2. The van der Waals surface area contributed by atoms with Gasteiger partial charge in [0.2, 0.25) is 0 Å². The van der Waals surface area contributed by atoms with E-state index in [1.807, 2.05) is 0 Å². The number of carbonyl (C=O) groups is 4. The van der Waals surface area contributed by atoms with Crippen LogP contribution in [0.2, 0.25) is 0 Å². The first-order valence-electron chi connectivity index (χ1n) is 12.3. The van der Waals surface area contributed by atoms with Gasteiger partial charge in [0.1, 0.15) is 12.3 Å². The first kappa shape index (κ1) is 31.1. The van der Waals surface area contributed by atoms with Gasteiger partial charge in [-0.05, 0) is 70.4 Å². The molecule has 4 aromatic carbocycles. The Labute approximate surface area is 246 Å². The summed E-state index contributed by atoms with van der Waals surface area (Å²) in [7, 11) is 0. The van der Waals surface area contributed by atoms with Crippen LogP contribution in [0, 0.1) is 0 Å². The highest BCUT2D eigenvalue weighted by atomic mass is 35.5. The first-order chi connectivity index (χ1) is 19.6. The molecule has 11 nitrogen and oxygen atoms in total.